The van der Waals surface area contributed by atoms with Crippen LogP contribution >= 0.6 is 31.9 Å². The molecule has 0 bridgehead atoms. The third kappa shape index (κ3) is 3.88. The lowest BCUT2D eigenvalue weighted by Gasteiger charge is -2.07. The van der Waals surface area contributed by atoms with Gasteiger partial charge in [-0.25, -0.2) is 10.2 Å². The molecule has 0 aliphatic heterocycles. The molecule has 30 heavy (non-hydrogen) atoms. The van der Waals surface area contributed by atoms with Crippen LogP contribution in [0.1, 0.15) is 22.8 Å². The van der Waals surface area contributed by atoms with Gasteiger partial charge >= 0.3 is 5.63 Å². The zero-order chi connectivity index (χ0) is 21.4. The van der Waals surface area contributed by atoms with Gasteiger partial charge in [-0.2, -0.15) is 5.10 Å². The number of fused-ring (bicyclic) bond motifs is 2. The van der Waals surface area contributed by atoms with E-state index in [2.05, 4.69) is 42.4 Å². The standard InChI is InChI=1S/C22H14Br2N2O4/c1-11(16-8-14-6-15(23)10-18(24)20(14)30-22(16)29)25-26-21(28)17-7-12-4-2-3-5-13(12)9-19(17)27/h2-10,27H,1H3,(H,26,28)/b25-11-. The Hall–Kier alpha value is -2.97. The number of hydrogen-bond acceptors (Lipinski definition) is 5. The Morgan fingerprint density at radius 2 is 1.67 bits per heavy atom. The van der Waals surface area contributed by atoms with Crippen molar-refractivity contribution in [2.45, 2.75) is 6.92 Å². The zero-order valence-electron chi connectivity index (χ0n) is 15.6. The van der Waals surface area contributed by atoms with Gasteiger partial charge in [0.15, 0.2) is 5.58 Å². The number of rotatable bonds is 3. The molecule has 0 unspecified atom stereocenters. The topological polar surface area (TPSA) is 91.9 Å². The summed E-state index contributed by atoms with van der Waals surface area (Å²) in [6.45, 7) is 1.59. The van der Waals surface area contributed by atoms with Gasteiger partial charge in [0, 0.05) is 9.86 Å². The fraction of sp³-hybridized carbons (Fsp3) is 0.0455. The molecule has 150 valence electrons. The van der Waals surface area contributed by atoms with Gasteiger partial charge in [0.1, 0.15) is 5.75 Å². The van der Waals surface area contributed by atoms with Crippen molar-refractivity contribution >= 4 is 65.2 Å². The van der Waals surface area contributed by atoms with E-state index in [1.807, 2.05) is 30.3 Å². The molecule has 1 aromatic heterocycles. The van der Waals surface area contributed by atoms with Crippen molar-refractivity contribution in [1.29, 1.82) is 0 Å². The third-order valence-electron chi connectivity index (χ3n) is 4.58. The van der Waals surface area contributed by atoms with E-state index in [9.17, 15) is 14.7 Å². The number of amides is 1. The lowest BCUT2D eigenvalue weighted by atomic mass is 10.1. The number of halogens is 2. The van der Waals surface area contributed by atoms with Crippen molar-refractivity contribution in [2.75, 3.05) is 0 Å². The van der Waals surface area contributed by atoms with Gasteiger partial charge in [0.25, 0.3) is 5.91 Å². The Morgan fingerprint density at radius 1 is 1.00 bits per heavy atom. The second-order valence-corrected chi connectivity index (χ2v) is 8.38. The zero-order valence-corrected chi connectivity index (χ0v) is 18.7. The van der Waals surface area contributed by atoms with Crippen LogP contribution in [0.5, 0.6) is 5.75 Å². The Kier molecular flexibility index (Phi) is 5.44. The van der Waals surface area contributed by atoms with E-state index in [0.717, 1.165) is 15.2 Å². The van der Waals surface area contributed by atoms with E-state index >= 15 is 0 Å². The van der Waals surface area contributed by atoms with E-state index in [-0.39, 0.29) is 22.6 Å². The monoisotopic (exact) mass is 528 g/mol. The molecule has 1 amide bonds. The molecule has 4 aromatic rings. The first kappa shape index (κ1) is 20.3. The summed E-state index contributed by atoms with van der Waals surface area (Å²) in [7, 11) is 0. The predicted octanol–water partition coefficient (Wildman–Crippen LogP) is 5.33. The number of phenols is 1. The minimum atomic E-state index is -0.590. The van der Waals surface area contributed by atoms with Crippen LogP contribution < -0.4 is 11.1 Å². The number of nitrogens with one attached hydrogen (secondary N) is 1. The summed E-state index contributed by atoms with van der Waals surface area (Å²) in [5.74, 6) is -0.743. The quantitative estimate of drug-likeness (QED) is 0.213. The number of carbonyl (C=O) groups is 1. The van der Waals surface area contributed by atoms with Gasteiger partial charge in [-0.15, -0.1) is 0 Å². The van der Waals surface area contributed by atoms with Gasteiger partial charge in [-0.1, -0.05) is 40.2 Å². The number of nitrogens with zero attached hydrogens (tertiary/aromatic N) is 1. The fourth-order valence-corrected chi connectivity index (χ4v) is 4.41. The molecular formula is C22H14Br2N2O4. The number of benzene rings is 3. The van der Waals surface area contributed by atoms with Crippen LogP contribution in [0.15, 0.2) is 77.9 Å². The maximum Gasteiger partial charge on any atom is 0.345 e. The largest absolute Gasteiger partial charge is 0.507 e. The Morgan fingerprint density at radius 3 is 2.40 bits per heavy atom. The molecule has 8 heteroatoms. The first-order valence-electron chi connectivity index (χ1n) is 8.83. The summed E-state index contributed by atoms with van der Waals surface area (Å²) in [5.41, 5.74) is 2.82. The van der Waals surface area contributed by atoms with E-state index in [0.29, 0.717) is 15.4 Å². The van der Waals surface area contributed by atoms with E-state index in [1.54, 1.807) is 25.1 Å². The van der Waals surface area contributed by atoms with E-state index in [1.165, 1.54) is 6.07 Å². The van der Waals surface area contributed by atoms with Crippen LogP contribution in [-0.4, -0.2) is 16.7 Å². The molecule has 0 saturated carbocycles. The maximum absolute atomic E-state index is 12.5. The van der Waals surface area contributed by atoms with Crippen molar-refractivity contribution < 1.29 is 14.3 Å². The van der Waals surface area contributed by atoms with Crippen molar-refractivity contribution in [3.63, 3.8) is 0 Å². The van der Waals surface area contributed by atoms with Crippen molar-refractivity contribution in [3.8, 4) is 5.75 Å². The first-order valence-corrected chi connectivity index (χ1v) is 10.4. The summed E-state index contributed by atoms with van der Waals surface area (Å²) < 4.78 is 6.86. The summed E-state index contributed by atoms with van der Waals surface area (Å²) in [5, 5.41) is 16.5. The molecular weight excluding hydrogens is 516 g/mol. The van der Waals surface area contributed by atoms with Gasteiger partial charge in [0.2, 0.25) is 0 Å². The highest BCUT2D eigenvalue weighted by Crippen LogP contribution is 2.28. The normalized spacial score (nSPS) is 11.8. The SMILES string of the molecule is C/C(=N/NC(=O)c1cc2ccccc2cc1O)c1cc2cc(Br)cc(Br)c2oc1=O. The highest BCUT2D eigenvalue weighted by Gasteiger charge is 2.14. The van der Waals surface area contributed by atoms with E-state index < -0.39 is 11.5 Å². The summed E-state index contributed by atoms with van der Waals surface area (Å²) in [6.07, 6.45) is 0. The minimum absolute atomic E-state index is 0.0867. The van der Waals surface area contributed by atoms with Crippen molar-refractivity contribution in [2.24, 2.45) is 5.10 Å². The average molecular weight is 530 g/mol. The van der Waals surface area contributed by atoms with Crippen LogP contribution in [0.3, 0.4) is 0 Å². The lowest BCUT2D eigenvalue weighted by Crippen LogP contribution is -2.21. The molecule has 0 aliphatic rings. The second kappa shape index (κ2) is 8.04. The molecule has 4 rings (SSSR count). The Balaban J connectivity index is 1.66. The smallest absolute Gasteiger partial charge is 0.345 e. The highest BCUT2D eigenvalue weighted by molar-refractivity contribution is 9.11. The van der Waals surface area contributed by atoms with Crippen molar-refractivity contribution in [3.05, 3.63) is 85.1 Å². The number of hydrogen-bond donors (Lipinski definition) is 2. The van der Waals surface area contributed by atoms with Crippen LogP contribution in [-0.2, 0) is 0 Å². The molecule has 1 heterocycles. The molecule has 0 saturated heterocycles. The molecule has 0 spiro atoms. The molecule has 3 aromatic carbocycles. The number of aromatic hydroxyl groups is 1. The fourth-order valence-electron chi connectivity index (χ4n) is 3.07. The van der Waals surface area contributed by atoms with Crippen LogP contribution in [0.4, 0.5) is 0 Å². The number of carbonyl (C=O) groups excluding carboxylic acids is 1. The highest BCUT2D eigenvalue weighted by atomic mass is 79.9. The van der Waals surface area contributed by atoms with Gasteiger partial charge in [-0.05, 0) is 64.0 Å². The number of phenolic OH excluding ortho intramolecular Hbond substituents is 1. The van der Waals surface area contributed by atoms with Gasteiger partial charge in [0.05, 0.1) is 21.3 Å². The molecule has 0 aliphatic carbocycles. The van der Waals surface area contributed by atoms with E-state index in [4.69, 9.17) is 4.42 Å². The molecule has 6 nitrogen and oxygen atoms in total. The Labute approximate surface area is 187 Å². The molecule has 0 radical (unpaired) electrons. The molecule has 2 N–H and O–H groups in total. The summed E-state index contributed by atoms with van der Waals surface area (Å²) in [6, 6.07) is 15.7. The first-order chi connectivity index (χ1) is 14.3. The third-order valence-corrected chi connectivity index (χ3v) is 5.62. The molecule has 0 atom stereocenters. The van der Waals surface area contributed by atoms with Crippen LogP contribution in [0, 0.1) is 0 Å². The van der Waals surface area contributed by atoms with Gasteiger partial charge in [-0.3, -0.25) is 4.79 Å². The average Bonchev–Trinajstić information content (AvgIpc) is 2.71. The Bertz CT molecular complexity index is 1410. The minimum Gasteiger partial charge on any atom is -0.507 e. The molecule has 0 fully saturated rings. The maximum atomic E-state index is 12.5. The predicted molar refractivity (Wildman–Crippen MR) is 123 cm³/mol. The second-order valence-electron chi connectivity index (χ2n) is 6.61. The van der Waals surface area contributed by atoms with Gasteiger partial charge < -0.3 is 9.52 Å². The summed E-state index contributed by atoms with van der Waals surface area (Å²) in [4.78, 5) is 24.9. The number of hydrazone groups is 1. The summed E-state index contributed by atoms with van der Waals surface area (Å²) >= 11 is 6.77. The lowest BCUT2D eigenvalue weighted by molar-refractivity contribution is 0.0952. The van der Waals surface area contributed by atoms with Crippen LogP contribution in [0.25, 0.3) is 21.7 Å². The van der Waals surface area contributed by atoms with Crippen LogP contribution in [0.2, 0.25) is 0 Å². The van der Waals surface area contributed by atoms with Crippen molar-refractivity contribution in [1.82, 2.24) is 5.43 Å².